The van der Waals surface area contributed by atoms with Crippen molar-refractivity contribution in [3.05, 3.63) is 57.0 Å². The third-order valence-corrected chi connectivity index (χ3v) is 6.83. The SMILES string of the molecule is CCN(CC)S(=O)(=O)c1ccc(Cl)c(C(=O)Nc2ccc(Br)cc2C)c1. The maximum absolute atomic E-state index is 12.7. The van der Waals surface area contributed by atoms with Crippen molar-refractivity contribution in [3.63, 3.8) is 0 Å². The normalized spacial score (nSPS) is 11.6. The average molecular weight is 460 g/mol. The van der Waals surface area contributed by atoms with Gasteiger partial charge >= 0.3 is 0 Å². The highest BCUT2D eigenvalue weighted by Gasteiger charge is 2.24. The Morgan fingerprint density at radius 3 is 2.38 bits per heavy atom. The monoisotopic (exact) mass is 458 g/mol. The number of carbonyl (C=O) groups excluding carboxylic acids is 1. The zero-order chi connectivity index (χ0) is 19.5. The molecule has 0 aromatic heterocycles. The first kappa shape index (κ1) is 20.9. The number of aryl methyl sites for hydroxylation is 1. The van der Waals surface area contributed by atoms with E-state index in [4.69, 9.17) is 11.6 Å². The summed E-state index contributed by atoms with van der Waals surface area (Å²) in [5.74, 6) is -0.461. The summed E-state index contributed by atoms with van der Waals surface area (Å²) in [5.41, 5.74) is 1.62. The number of hydrogen-bond donors (Lipinski definition) is 1. The largest absolute Gasteiger partial charge is 0.322 e. The molecule has 0 saturated heterocycles. The molecule has 0 bridgehead atoms. The number of amides is 1. The van der Waals surface area contributed by atoms with Crippen LogP contribution in [0.3, 0.4) is 0 Å². The number of nitrogens with zero attached hydrogens (tertiary/aromatic N) is 1. The molecule has 0 radical (unpaired) electrons. The molecule has 2 aromatic rings. The molecule has 2 aromatic carbocycles. The van der Waals surface area contributed by atoms with Crippen LogP contribution in [0.1, 0.15) is 29.8 Å². The Morgan fingerprint density at radius 2 is 1.81 bits per heavy atom. The first-order chi connectivity index (χ1) is 12.2. The molecule has 2 rings (SSSR count). The Labute approximate surface area is 167 Å². The maximum atomic E-state index is 12.7. The lowest BCUT2D eigenvalue weighted by atomic mass is 10.1. The summed E-state index contributed by atoms with van der Waals surface area (Å²) in [6.07, 6.45) is 0. The van der Waals surface area contributed by atoms with Gasteiger partial charge in [-0.2, -0.15) is 4.31 Å². The molecular formula is C18H20BrClN2O3S. The van der Waals surface area contributed by atoms with Crippen LogP contribution in [0.4, 0.5) is 5.69 Å². The Hall–Kier alpha value is -1.41. The van der Waals surface area contributed by atoms with Crippen LogP contribution in [0.25, 0.3) is 0 Å². The van der Waals surface area contributed by atoms with E-state index in [0.29, 0.717) is 18.8 Å². The number of hydrogen-bond acceptors (Lipinski definition) is 3. The van der Waals surface area contributed by atoms with Crippen molar-refractivity contribution in [2.24, 2.45) is 0 Å². The lowest BCUT2D eigenvalue weighted by Crippen LogP contribution is -2.30. The predicted octanol–water partition coefficient (Wildman–Crippen LogP) is 4.69. The first-order valence-electron chi connectivity index (χ1n) is 8.07. The number of carbonyl (C=O) groups is 1. The van der Waals surface area contributed by atoms with Gasteiger partial charge in [0.15, 0.2) is 0 Å². The Kier molecular flexibility index (Phi) is 6.85. The molecule has 0 heterocycles. The van der Waals surface area contributed by atoms with Crippen LogP contribution in [0.15, 0.2) is 45.8 Å². The van der Waals surface area contributed by atoms with Gasteiger partial charge in [-0.25, -0.2) is 8.42 Å². The lowest BCUT2D eigenvalue weighted by Gasteiger charge is -2.19. The summed E-state index contributed by atoms with van der Waals surface area (Å²) >= 11 is 9.52. The third-order valence-electron chi connectivity index (χ3n) is 3.96. The second-order valence-corrected chi connectivity index (χ2v) is 8.91. The van der Waals surface area contributed by atoms with Gasteiger partial charge in [-0.05, 0) is 48.9 Å². The van der Waals surface area contributed by atoms with E-state index in [1.165, 1.54) is 22.5 Å². The topological polar surface area (TPSA) is 66.5 Å². The molecule has 8 heteroatoms. The van der Waals surface area contributed by atoms with E-state index < -0.39 is 15.9 Å². The number of halogens is 2. The average Bonchev–Trinajstić information content (AvgIpc) is 2.58. The fourth-order valence-electron chi connectivity index (χ4n) is 2.51. The number of benzene rings is 2. The van der Waals surface area contributed by atoms with Crippen molar-refractivity contribution in [2.45, 2.75) is 25.7 Å². The van der Waals surface area contributed by atoms with Crippen molar-refractivity contribution >= 4 is 49.1 Å². The number of rotatable bonds is 6. The molecule has 0 unspecified atom stereocenters. The van der Waals surface area contributed by atoms with E-state index in [1.807, 2.05) is 19.1 Å². The Balaban J connectivity index is 2.39. The van der Waals surface area contributed by atoms with Gasteiger partial charge in [0, 0.05) is 23.2 Å². The van der Waals surface area contributed by atoms with Gasteiger partial charge in [0.05, 0.1) is 15.5 Å². The minimum Gasteiger partial charge on any atom is -0.322 e. The maximum Gasteiger partial charge on any atom is 0.257 e. The smallest absolute Gasteiger partial charge is 0.257 e. The molecule has 26 heavy (non-hydrogen) atoms. The first-order valence-corrected chi connectivity index (χ1v) is 10.7. The van der Waals surface area contributed by atoms with Gasteiger partial charge in [0.2, 0.25) is 10.0 Å². The van der Waals surface area contributed by atoms with Crippen molar-refractivity contribution in [3.8, 4) is 0 Å². The van der Waals surface area contributed by atoms with Crippen molar-refractivity contribution in [1.82, 2.24) is 4.31 Å². The minimum absolute atomic E-state index is 0.0447. The number of sulfonamides is 1. The van der Waals surface area contributed by atoms with E-state index in [2.05, 4.69) is 21.2 Å². The standard InChI is InChI=1S/C18H20BrClN2O3S/c1-4-22(5-2)26(24,25)14-7-8-16(20)15(11-14)18(23)21-17-9-6-13(19)10-12(17)3/h6-11H,4-5H2,1-3H3,(H,21,23). The van der Waals surface area contributed by atoms with E-state index in [1.54, 1.807) is 19.9 Å². The lowest BCUT2D eigenvalue weighted by molar-refractivity contribution is 0.102. The Morgan fingerprint density at radius 1 is 1.15 bits per heavy atom. The van der Waals surface area contributed by atoms with Gasteiger partial charge in [-0.15, -0.1) is 0 Å². The van der Waals surface area contributed by atoms with Crippen molar-refractivity contribution in [2.75, 3.05) is 18.4 Å². The second-order valence-electron chi connectivity index (χ2n) is 5.64. The summed E-state index contributed by atoms with van der Waals surface area (Å²) < 4.78 is 27.6. The van der Waals surface area contributed by atoms with Gasteiger partial charge < -0.3 is 5.32 Å². The zero-order valence-electron chi connectivity index (χ0n) is 14.7. The summed E-state index contributed by atoms with van der Waals surface area (Å²) in [6, 6.07) is 9.62. The highest BCUT2D eigenvalue weighted by atomic mass is 79.9. The number of nitrogens with one attached hydrogen (secondary N) is 1. The molecule has 5 nitrogen and oxygen atoms in total. The molecule has 140 valence electrons. The molecule has 0 aliphatic carbocycles. The molecule has 0 spiro atoms. The van der Waals surface area contributed by atoms with Crippen LogP contribution in [0.5, 0.6) is 0 Å². The van der Waals surface area contributed by atoms with Crippen LogP contribution >= 0.6 is 27.5 Å². The van der Waals surface area contributed by atoms with Gasteiger partial charge in [0.1, 0.15) is 0 Å². The molecule has 1 N–H and O–H groups in total. The van der Waals surface area contributed by atoms with Gasteiger partial charge in [-0.1, -0.05) is 41.4 Å². The highest BCUT2D eigenvalue weighted by molar-refractivity contribution is 9.10. The predicted molar refractivity (Wildman–Crippen MR) is 108 cm³/mol. The van der Waals surface area contributed by atoms with E-state index >= 15 is 0 Å². The van der Waals surface area contributed by atoms with Crippen molar-refractivity contribution in [1.29, 1.82) is 0 Å². The minimum atomic E-state index is -3.67. The van der Waals surface area contributed by atoms with Crippen LogP contribution < -0.4 is 5.32 Å². The summed E-state index contributed by atoms with van der Waals surface area (Å²) in [7, 11) is -3.67. The summed E-state index contributed by atoms with van der Waals surface area (Å²) in [5, 5.41) is 2.97. The summed E-state index contributed by atoms with van der Waals surface area (Å²) in [6.45, 7) is 6.09. The highest BCUT2D eigenvalue weighted by Crippen LogP contribution is 2.25. The van der Waals surface area contributed by atoms with Crippen LogP contribution in [-0.2, 0) is 10.0 Å². The van der Waals surface area contributed by atoms with Crippen LogP contribution in [0.2, 0.25) is 5.02 Å². The Bertz CT molecular complexity index is 928. The van der Waals surface area contributed by atoms with Crippen LogP contribution in [0, 0.1) is 6.92 Å². The molecule has 0 saturated carbocycles. The molecule has 0 fully saturated rings. The van der Waals surface area contributed by atoms with E-state index in [-0.39, 0.29) is 15.5 Å². The zero-order valence-corrected chi connectivity index (χ0v) is 17.9. The molecular weight excluding hydrogens is 440 g/mol. The van der Waals surface area contributed by atoms with E-state index in [0.717, 1.165) is 10.0 Å². The van der Waals surface area contributed by atoms with Crippen molar-refractivity contribution < 1.29 is 13.2 Å². The number of anilines is 1. The fourth-order valence-corrected chi connectivity index (χ4v) is 4.67. The van der Waals surface area contributed by atoms with E-state index in [9.17, 15) is 13.2 Å². The fraction of sp³-hybridized carbons (Fsp3) is 0.278. The molecule has 1 amide bonds. The molecule has 0 aliphatic rings. The molecule has 0 aliphatic heterocycles. The van der Waals surface area contributed by atoms with Crippen LogP contribution in [-0.4, -0.2) is 31.7 Å². The second kappa shape index (κ2) is 8.52. The quantitative estimate of drug-likeness (QED) is 0.681. The third kappa shape index (κ3) is 4.46. The van der Waals surface area contributed by atoms with Gasteiger partial charge in [-0.3, -0.25) is 4.79 Å². The molecule has 0 atom stereocenters. The summed E-state index contributed by atoms with van der Waals surface area (Å²) in [4.78, 5) is 12.7. The van der Waals surface area contributed by atoms with Gasteiger partial charge in [0.25, 0.3) is 5.91 Å².